The summed E-state index contributed by atoms with van der Waals surface area (Å²) >= 11 is 1.50. The first kappa shape index (κ1) is 12.9. The van der Waals surface area contributed by atoms with E-state index in [2.05, 4.69) is 62.4 Å². The van der Waals surface area contributed by atoms with Gasteiger partial charge in [-0.15, -0.1) is 0 Å². The minimum Gasteiger partial charge on any atom is -0.292 e. The highest BCUT2D eigenvalue weighted by atomic mass is 32.1. The number of nitrogens with one attached hydrogen (secondary N) is 1. The maximum absolute atomic E-state index is 8.16. The third-order valence-corrected chi connectivity index (χ3v) is 4.27. The fourth-order valence-electron chi connectivity index (χ4n) is 2.10. The third kappa shape index (κ3) is 2.45. The summed E-state index contributed by atoms with van der Waals surface area (Å²) in [5.41, 5.74) is 4.69. The van der Waals surface area contributed by atoms with Crippen molar-refractivity contribution in [1.29, 1.82) is 5.41 Å². The molecule has 1 heterocycles. The Morgan fingerprint density at radius 3 is 2.00 bits per heavy atom. The number of hydrogen-bond donors (Lipinski definition) is 1. The summed E-state index contributed by atoms with van der Waals surface area (Å²) in [6, 6.07) is 16.7. The Kier molecular flexibility index (Phi) is 3.28. The molecule has 0 bridgehead atoms. The van der Waals surface area contributed by atoms with Gasteiger partial charge >= 0.3 is 0 Å². The largest absolute Gasteiger partial charge is 0.292 e. The van der Waals surface area contributed by atoms with Gasteiger partial charge in [-0.25, -0.2) is 0 Å². The molecule has 0 saturated carbocycles. The zero-order chi connectivity index (χ0) is 14.1. The predicted octanol–water partition coefficient (Wildman–Crippen LogP) is 4.30. The number of benzene rings is 2. The van der Waals surface area contributed by atoms with Gasteiger partial charge in [0.15, 0.2) is 4.80 Å². The van der Waals surface area contributed by atoms with E-state index in [-0.39, 0.29) is 0 Å². The standard InChI is InChI=1S/C17H16N2S/c1-12-3-7-14(8-4-12)16-11-19(17(18)20-16)15-9-5-13(2)6-10-15/h3-11,18H,1-2H3. The van der Waals surface area contributed by atoms with Gasteiger partial charge in [0.2, 0.25) is 0 Å². The molecule has 0 aliphatic carbocycles. The second kappa shape index (κ2) is 5.10. The highest BCUT2D eigenvalue weighted by molar-refractivity contribution is 7.12. The van der Waals surface area contributed by atoms with Gasteiger partial charge in [0, 0.05) is 11.9 Å². The highest BCUT2D eigenvalue weighted by Crippen LogP contribution is 2.23. The number of aromatic nitrogens is 1. The number of rotatable bonds is 2. The Balaban J connectivity index is 2.05. The molecule has 2 nitrogen and oxygen atoms in total. The fraction of sp³-hybridized carbons (Fsp3) is 0.118. The Morgan fingerprint density at radius 2 is 1.40 bits per heavy atom. The van der Waals surface area contributed by atoms with Crippen molar-refractivity contribution in [2.24, 2.45) is 0 Å². The second-order valence-electron chi connectivity index (χ2n) is 4.97. The molecule has 0 unspecified atom stereocenters. The lowest BCUT2D eigenvalue weighted by atomic mass is 10.1. The van der Waals surface area contributed by atoms with Crippen LogP contribution in [0.15, 0.2) is 54.7 Å². The van der Waals surface area contributed by atoms with Crippen LogP contribution in [0.2, 0.25) is 0 Å². The van der Waals surface area contributed by atoms with Gasteiger partial charge in [-0.2, -0.15) is 0 Å². The highest BCUT2D eigenvalue weighted by Gasteiger charge is 2.05. The summed E-state index contributed by atoms with van der Waals surface area (Å²) in [6.45, 7) is 4.15. The topological polar surface area (TPSA) is 28.8 Å². The van der Waals surface area contributed by atoms with Crippen LogP contribution in [0.4, 0.5) is 0 Å². The first-order valence-corrected chi connectivity index (χ1v) is 7.36. The van der Waals surface area contributed by atoms with E-state index >= 15 is 0 Å². The maximum atomic E-state index is 8.16. The summed E-state index contributed by atoms with van der Waals surface area (Å²) in [5, 5.41) is 8.16. The van der Waals surface area contributed by atoms with Crippen molar-refractivity contribution in [2.45, 2.75) is 13.8 Å². The van der Waals surface area contributed by atoms with Crippen molar-refractivity contribution in [3.63, 3.8) is 0 Å². The van der Waals surface area contributed by atoms with Crippen LogP contribution >= 0.6 is 11.3 Å². The van der Waals surface area contributed by atoms with Crippen LogP contribution in [0.1, 0.15) is 11.1 Å². The first-order valence-electron chi connectivity index (χ1n) is 6.55. The maximum Gasteiger partial charge on any atom is 0.187 e. The van der Waals surface area contributed by atoms with Crippen LogP contribution in [0.5, 0.6) is 0 Å². The molecule has 3 aromatic rings. The lowest BCUT2D eigenvalue weighted by Crippen LogP contribution is -2.08. The summed E-state index contributed by atoms with van der Waals surface area (Å²) in [4.78, 5) is 1.67. The fourth-order valence-corrected chi connectivity index (χ4v) is 2.98. The molecule has 0 fully saturated rings. The zero-order valence-corrected chi connectivity index (χ0v) is 12.4. The molecule has 3 rings (SSSR count). The Labute approximate surface area is 122 Å². The Hall–Kier alpha value is -2.13. The minimum absolute atomic E-state index is 0.546. The van der Waals surface area contributed by atoms with E-state index in [4.69, 9.17) is 5.41 Å². The van der Waals surface area contributed by atoms with Crippen LogP contribution < -0.4 is 4.80 Å². The summed E-state index contributed by atoms with van der Waals surface area (Å²) < 4.78 is 1.93. The molecule has 0 saturated heterocycles. The molecular weight excluding hydrogens is 264 g/mol. The van der Waals surface area contributed by atoms with Crippen LogP contribution in [0.3, 0.4) is 0 Å². The average molecular weight is 280 g/mol. The Bertz CT molecular complexity index is 777. The van der Waals surface area contributed by atoms with Gasteiger partial charge in [0.1, 0.15) is 0 Å². The van der Waals surface area contributed by atoms with Crippen molar-refractivity contribution < 1.29 is 0 Å². The first-order chi connectivity index (χ1) is 9.63. The molecule has 100 valence electrons. The molecule has 0 atom stereocenters. The van der Waals surface area contributed by atoms with Crippen LogP contribution in [-0.2, 0) is 0 Å². The normalized spacial score (nSPS) is 10.7. The Morgan fingerprint density at radius 1 is 0.850 bits per heavy atom. The van der Waals surface area contributed by atoms with Crippen LogP contribution in [-0.4, -0.2) is 4.57 Å². The van der Waals surface area contributed by atoms with E-state index < -0.39 is 0 Å². The molecule has 3 heteroatoms. The van der Waals surface area contributed by atoms with E-state index in [9.17, 15) is 0 Å². The quantitative estimate of drug-likeness (QED) is 0.725. The van der Waals surface area contributed by atoms with Gasteiger partial charge < -0.3 is 0 Å². The number of thiazole rings is 1. The molecule has 0 aliphatic heterocycles. The van der Waals surface area contributed by atoms with Crippen LogP contribution in [0.25, 0.3) is 16.1 Å². The number of nitrogens with zero attached hydrogens (tertiary/aromatic N) is 1. The average Bonchev–Trinajstić information content (AvgIpc) is 2.82. The smallest absolute Gasteiger partial charge is 0.187 e. The van der Waals surface area contributed by atoms with Crippen LogP contribution in [0, 0.1) is 19.3 Å². The van der Waals surface area contributed by atoms with Gasteiger partial charge in [0.25, 0.3) is 0 Å². The summed E-state index contributed by atoms with van der Waals surface area (Å²) in [6.07, 6.45) is 2.04. The second-order valence-corrected chi connectivity index (χ2v) is 6.00. The molecule has 2 aromatic carbocycles. The van der Waals surface area contributed by atoms with Crippen molar-refractivity contribution in [3.05, 3.63) is 70.7 Å². The van der Waals surface area contributed by atoms with E-state index in [0.29, 0.717) is 4.80 Å². The van der Waals surface area contributed by atoms with Gasteiger partial charge in [-0.3, -0.25) is 9.98 Å². The lowest BCUT2D eigenvalue weighted by molar-refractivity contribution is 0.979. The molecule has 0 amide bonds. The van der Waals surface area contributed by atoms with Gasteiger partial charge in [0.05, 0.1) is 4.88 Å². The zero-order valence-electron chi connectivity index (χ0n) is 11.6. The van der Waals surface area contributed by atoms with Crippen molar-refractivity contribution in [2.75, 3.05) is 0 Å². The number of hydrogen-bond acceptors (Lipinski definition) is 2. The monoisotopic (exact) mass is 280 g/mol. The van der Waals surface area contributed by atoms with Crippen molar-refractivity contribution >= 4 is 11.3 Å². The summed E-state index contributed by atoms with van der Waals surface area (Å²) in [7, 11) is 0. The van der Waals surface area contributed by atoms with Gasteiger partial charge in [-0.1, -0.05) is 58.9 Å². The molecule has 0 aliphatic rings. The SMILES string of the molecule is Cc1ccc(-c2cn(-c3ccc(C)cc3)c(=N)s2)cc1. The molecule has 1 N–H and O–H groups in total. The van der Waals surface area contributed by atoms with Gasteiger partial charge in [-0.05, 0) is 31.5 Å². The molecule has 0 spiro atoms. The third-order valence-electron chi connectivity index (χ3n) is 3.32. The minimum atomic E-state index is 0.546. The lowest BCUT2D eigenvalue weighted by Gasteiger charge is -2.02. The summed E-state index contributed by atoms with van der Waals surface area (Å²) in [5.74, 6) is 0. The number of aryl methyl sites for hydroxylation is 2. The van der Waals surface area contributed by atoms with E-state index in [1.165, 1.54) is 28.0 Å². The van der Waals surface area contributed by atoms with Crippen molar-refractivity contribution in [3.8, 4) is 16.1 Å². The molecule has 20 heavy (non-hydrogen) atoms. The van der Waals surface area contributed by atoms with Crippen molar-refractivity contribution in [1.82, 2.24) is 4.57 Å². The van der Waals surface area contributed by atoms with E-state index in [1.54, 1.807) is 0 Å². The predicted molar refractivity (Wildman–Crippen MR) is 84.4 cm³/mol. The molecule has 0 radical (unpaired) electrons. The molecule has 1 aromatic heterocycles. The van der Waals surface area contributed by atoms with E-state index in [0.717, 1.165) is 10.6 Å². The van der Waals surface area contributed by atoms with E-state index in [1.807, 2.05) is 10.8 Å². The molecular formula is C17H16N2S.